The molecule has 0 N–H and O–H groups in total. The van der Waals surface area contributed by atoms with Crippen molar-refractivity contribution >= 4 is 210 Å². The van der Waals surface area contributed by atoms with Crippen molar-refractivity contribution < 1.29 is 0 Å². The molecular weight excluding hydrogens is 1520 g/mol. The van der Waals surface area contributed by atoms with Crippen LogP contribution in [0.15, 0.2) is 473 Å². The quantitative estimate of drug-likeness (QED) is 0.0800. The summed E-state index contributed by atoms with van der Waals surface area (Å²) >= 11 is 0. The van der Waals surface area contributed by atoms with Gasteiger partial charge in [0.15, 0.2) is 0 Å². The molecule has 0 bridgehead atoms. The van der Waals surface area contributed by atoms with Crippen LogP contribution in [-0.2, 0) is 6.54 Å². The zero-order valence-electron chi connectivity index (χ0n) is 68.9. The van der Waals surface area contributed by atoms with Crippen molar-refractivity contribution in [1.82, 2.24) is 4.57 Å². The van der Waals surface area contributed by atoms with Gasteiger partial charge in [-0.2, -0.15) is 0 Å². The summed E-state index contributed by atoms with van der Waals surface area (Å²) in [6, 6.07) is 174. The molecule has 0 atom stereocenters. The van der Waals surface area contributed by atoms with Crippen LogP contribution in [0.25, 0.3) is 108 Å². The lowest BCUT2D eigenvalue weighted by Crippen LogP contribution is -2.13. The minimum atomic E-state index is 0.767. The molecule has 0 saturated carbocycles. The van der Waals surface area contributed by atoms with E-state index in [2.05, 4.69) is 514 Å². The van der Waals surface area contributed by atoms with E-state index in [1.807, 2.05) is 0 Å². The van der Waals surface area contributed by atoms with Crippen molar-refractivity contribution in [2.24, 2.45) is 0 Å². The number of benzene rings is 22. The summed E-state index contributed by atoms with van der Waals surface area (Å²) in [5.41, 5.74) is 21.2. The lowest BCUT2D eigenvalue weighted by molar-refractivity contribution is 0.827. The largest absolute Gasteiger partial charge is 0.341 e. The molecule has 1 aromatic heterocycles. The zero-order valence-corrected chi connectivity index (χ0v) is 68.9. The van der Waals surface area contributed by atoms with E-state index in [9.17, 15) is 0 Å². The molecule has 1 heterocycles. The predicted octanol–water partition coefficient (Wildman–Crippen LogP) is 33.9. The van der Waals surface area contributed by atoms with Crippen molar-refractivity contribution in [3.63, 3.8) is 0 Å². The average Bonchev–Trinajstić information content (AvgIpc) is 1.59. The summed E-state index contributed by atoms with van der Waals surface area (Å²) in [4.78, 5) is 14.5. The SMILES string of the molecule is CCn1c2ccc(N(c3ccc(N(c4ccc5ccccc5c4)c4ccc5ccccc5c4)cc3)c3ccc(N(c4ccc5ccccc5c4)c4ccc5ccccc5c4)cc3)cc2c2cc(N(c3ccc(N(c4ccc5ccccc5c4)c4ccc5ccccc5c4)cc3)c3ccc(N(c4ccc5ccccc5c4)c4ccc5ccccc5c4)cc3)ccc21. The van der Waals surface area contributed by atoms with E-state index in [0.717, 1.165) is 131 Å². The van der Waals surface area contributed by atoms with Gasteiger partial charge in [-0.3, -0.25) is 0 Å². The minimum absolute atomic E-state index is 0.767. The molecule has 125 heavy (non-hydrogen) atoms. The van der Waals surface area contributed by atoms with Crippen LogP contribution < -0.4 is 29.4 Å². The van der Waals surface area contributed by atoms with Gasteiger partial charge >= 0.3 is 0 Å². The molecule has 0 unspecified atom stereocenters. The van der Waals surface area contributed by atoms with E-state index < -0.39 is 0 Å². The van der Waals surface area contributed by atoms with Crippen LogP contribution >= 0.6 is 0 Å². The highest BCUT2D eigenvalue weighted by atomic mass is 15.2. The number of fused-ring (bicyclic) bond motifs is 11. The number of aryl methyl sites for hydroxylation is 1. The first-order chi connectivity index (χ1) is 61.8. The molecule has 23 aromatic rings. The van der Waals surface area contributed by atoms with E-state index in [1.165, 1.54) is 86.2 Å². The second-order valence-electron chi connectivity index (χ2n) is 32.5. The fourth-order valence-corrected chi connectivity index (χ4v) is 18.9. The average molecular weight is 1600 g/mol. The Hall–Kier alpha value is -16.5. The van der Waals surface area contributed by atoms with Crippen molar-refractivity contribution in [3.8, 4) is 0 Å². The van der Waals surface area contributed by atoms with Crippen molar-refractivity contribution in [2.75, 3.05) is 29.4 Å². The molecule has 0 fully saturated rings. The van der Waals surface area contributed by atoms with Gasteiger partial charge in [0.05, 0.1) is 0 Å². The standard InChI is InChI=1S/C118H83N7/c1-2-119-117-69-67-113(120(97-51-59-101(60-52-97)122(105-43-35-81-19-3-11-27-89(81)71-105)106-44-36-82-20-4-12-28-90(82)72-106)98-53-61-102(62-54-98)123(107-45-37-83-21-5-13-29-91(83)73-107)108-46-38-84-22-6-14-30-92(84)74-108)79-115(117)116-80-114(68-70-118(116)119)121(99-55-63-103(64-56-99)124(109-47-39-85-23-7-15-31-93(85)75-109)110-48-40-86-24-8-16-32-94(86)76-110)100-57-65-104(66-58-100)125(111-49-41-87-25-9-17-33-95(87)77-111)112-50-42-88-26-10-18-34-96(88)78-112/h3-80H,2H2,1H3. The summed E-state index contributed by atoms with van der Waals surface area (Å²) < 4.78 is 2.48. The molecule has 23 rings (SSSR count). The Balaban J connectivity index is 0.689. The van der Waals surface area contributed by atoms with E-state index in [-0.39, 0.29) is 0 Å². The third-order valence-corrected chi connectivity index (χ3v) is 25.1. The first kappa shape index (κ1) is 73.6. The fraction of sp³-hybridized carbons (Fsp3) is 0.0169. The van der Waals surface area contributed by atoms with Crippen LogP contribution in [-0.4, -0.2) is 4.57 Å². The maximum atomic E-state index is 2.48. The molecule has 590 valence electrons. The molecule has 22 aromatic carbocycles. The Kier molecular flexibility index (Phi) is 18.4. The Morgan fingerprint density at radius 1 is 0.136 bits per heavy atom. The first-order valence-corrected chi connectivity index (χ1v) is 43.0. The number of hydrogen-bond donors (Lipinski definition) is 0. The van der Waals surface area contributed by atoms with E-state index in [0.29, 0.717) is 0 Å². The van der Waals surface area contributed by atoms with E-state index in [1.54, 1.807) is 0 Å². The number of aromatic nitrogens is 1. The molecule has 0 radical (unpaired) electrons. The second-order valence-corrected chi connectivity index (χ2v) is 32.5. The van der Waals surface area contributed by atoms with Crippen molar-refractivity contribution in [1.29, 1.82) is 0 Å². The van der Waals surface area contributed by atoms with Gasteiger partial charge in [-0.15, -0.1) is 0 Å². The monoisotopic (exact) mass is 1600 g/mol. The molecule has 0 aliphatic rings. The van der Waals surface area contributed by atoms with Crippen LogP contribution in [0, 0.1) is 0 Å². The highest BCUT2D eigenvalue weighted by Gasteiger charge is 2.26. The smallest absolute Gasteiger partial charge is 0.0492 e. The highest BCUT2D eigenvalue weighted by molar-refractivity contribution is 6.12. The highest BCUT2D eigenvalue weighted by Crippen LogP contribution is 2.49. The molecule has 0 saturated heterocycles. The fourth-order valence-electron chi connectivity index (χ4n) is 18.9. The van der Waals surface area contributed by atoms with Crippen LogP contribution in [0.3, 0.4) is 0 Å². The molecular formula is C118H83N7. The van der Waals surface area contributed by atoms with Crippen LogP contribution in [0.1, 0.15) is 6.92 Å². The lowest BCUT2D eigenvalue weighted by atomic mass is 10.1. The minimum Gasteiger partial charge on any atom is -0.341 e. The number of anilines is 18. The predicted molar refractivity (Wildman–Crippen MR) is 533 cm³/mol. The molecule has 7 heteroatoms. The van der Waals surface area contributed by atoms with Gasteiger partial charge in [-0.05, 0) is 324 Å². The number of nitrogens with zero attached hydrogens (tertiary/aromatic N) is 7. The van der Waals surface area contributed by atoms with Crippen LogP contribution in [0.5, 0.6) is 0 Å². The van der Waals surface area contributed by atoms with Gasteiger partial charge < -0.3 is 34.0 Å². The Bertz CT molecular complexity index is 6870. The molecule has 0 amide bonds. The second kappa shape index (κ2) is 31.3. The number of rotatable bonds is 19. The first-order valence-electron chi connectivity index (χ1n) is 43.0. The zero-order chi connectivity index (χ0) is 82.8. The van der Waals surface area contributed by atoms with Gasteiger partial charge in [0.1, 0.15) is 0 Å². The maximum absolute atomic E-state index is 2.48. The summed E-state index contributed by atoms with van der Waals surface area (Å²) in [5, 5.41) is 21.3. The normalized spacial score (nSPS) is 11.6. The Morgan fingerprint density at radius 3 is 0.424 bits per heavy atom. The summed E-state index contributed by atoms with van der Waals surface area (Å²) in [5.74, 6) is 0. The van der Waals surface area contributed by atoms with Crippen molar-refractivity contribution in [3.05, 3.63) is 473 Å². The third kappa shape index (κ3) is 13.7. The van der Waals surface area contributed by atoms with Gasteiger partial charge in [-0.1, -0.05) is 243 Å². The lowest BCUT2D eigenvalue weighted by Gasteiger charge is -2.30. The molecule has 0 aliphatic heterocycles. The van der Waals surface area contributed by atoms with Crippen molar-refractivity contribution in [2.45, 2.75) is 13.5 Å². The van der Waals surface area contributed by atoms with E-state index >= 15 is 0 Å². The van der Waals surface area contributed by atoms with Gasteiger partial charge in [-0.25, -0.2) is 0 Å². The van der Waals surface area contributed by atoms with Crippen LogP contribution in [0.2, 0.25) is 0 Å². The number of hydrogen-bond acceptors (Lipinski definition) is 6. The summed E-state index contributed by atoms with van der Waals surface area (Å²) in [7, 11) is 0. The Labute approximate surface area is 726 Å². The van der Waals surface area contributed by atoms with Gasteiger partial charge in [0.25, 0.3) is 0 Å². The maximum Gasteiger partial charge on any atom is 0.0492 e. The molecule has 7 nitrogen and oxygen atoms in total. The summed E-state index contributed by atoms with van der Waals surface area (Å²) in [6.45, 7) is 3.03. The van der Waals surface area contributed by atoms with Crippen LogP contribution in [0.4, 0.5) is 102 Å². The van der Waals surface area contributed by atoms with E-state index in [4.69, 9.17) is 0 Å². The third-order valence-electron chi connectivity index (χ3n) is 25.1. The topological polar surface area (TPSA) is 24.4 Å². The molecule has 0 aliphatic carbocycles. The summed E-state index contributed by atoms with van der Waals surface area (Å²) in [6.07, 6.45) is 0. The molecule has 0 spiro atoms. The Morgan fingerprint density at radius 2 is 0.264 bits per heavy atom. The van der Waals surface area contributed by atoms with Gasteiger partial charge in [0, 0.05) is 131 Å². The van der Waals surface area contributed by atoms with Gasteiger partial charge in [0.2, 0.25) is 0 Å².